The number of carbonyl (C=O) groups excluding carboxylic acids is 1. The highest BCUT2D eigenvalue weighted by Gasteiger charge is 2.10. The van der Waals surface area contributed by atoms with Gasteiger partial charge in [-0.2, -0.15) is 5.10 Å². The van der Waals surface area contributed by atoms with Gasteiger partial charge in [0.1, 0.15) is 0 Å². The molecule has 3 rings (SSSR count). The van der Waals surface area contributed by atoms with Gasteiger partial charge >= 0.3 is 0 Å². The summed E-state index contributed by atoms with van der Waals surface area (Å²) < 4.78 is 7.66. The minimum Gasteiger partial charge on any atom is -0.444 e. The predicted octanol–water partition coefficient (Wildman–Crippen LogP) is 3.77. The summed E-state index contributed by atoms with van der Waals surface area (Å²) in [6, 6.07) is 13.3. The third-order valence-corrected chi connectivity index (χ3v) is 3.87. The average molecular weight is 374 g/mol. The van der Waals surface area contributed by atoms with Crippen molar-refractivity contribution in [3.05, 3.63) is 69.8 Å². The van der Waals surface area contributed by atoms with Crippen LogP contribution in [0.2, 0.25) is 0 Å². The van der Waals surface area contributed by atoms with Crippen LogP contribution in [0.4, 0.5) is 0 Å². The fourth-order valence-corrected chi connectivity index (χ4v) is 2.66. The number of benzene rings is 1. The Morgan fingerprint density at radius 2 is 1.96 bits per heavy atom. The van der Waals surface area contributed by atoms with Crippen LogP contribution in [0, 0.1) is 13.8 Å². The lowest BCUT2D eigenvalue weighted by atomic mass is 10.2. The molecule has 5 nitrogen and oxygen atoms in total. The number of nitrogens with zero attached hydrogens (tertiary/aromatic N) is 2. The molecule has 1 amide bonds. The Labute approximate surface area is 142 Å². The summed E-state index contributed by atoms with van der Waals surface area (Å²) in [7, 11) is 0. The standard InChI is InChI=1S/C17H16BrN3O2/c1-11-9-12(2)21(20-11)14-5-3-13(4-6-14)10-19-17(22)15-7-8-16(18)23-15/h3-9H,10H2,1-2H3,(H,19,22). The second-order valence-electron chi connectivity index (χ2n) is 5.29. The van der Waals surface area contributed by atoms with Gasteiger partial charge in [0, 0.05) is 12.2 Å². The smallest absolute Gasteiger partial charge is 0.287 e. The Balaban J connectivity index is 1.66. The number of hydrogen-bond donors (Lipinski definition) is 1. The molecule has 2 heterocycles. The third-order valence-electron chi connectivity index (χ3n) is 3.44. The molecule has 0 aliphatic heterocycles. The highest BCUT2D eigenvalue weighted by Crippen LogP contribution is 2.15. The first-order valence-corrected chi connectivity index (χ1v) is 7.98. The number of rotatable bonds is 4. The molecule has 0 bridgehead atoms. The zero-order valence-corrected chi connectivity index (χ0v) is 14.4. The van der Waals surface area contributed by atoms with Crippen LogP contribution in [0.25, 0.3) is 5.69 Å². The second-order valence-corrected chi connectivity index (χ2v) is 6.07. The lowest BCUT2D eigenvalue weighted by Crippen LogP contribution is -2.22. The van der Waals surface area contributed by atoms with Gasteiger partial charge in [-0.05, 0) is 65.7 Å². The Bertz CT molecular complexity index is 834. The molecule has 0 saturated carbocycles. The maximum atomic E-state index is 11.9. The van der Waals surface area contributed by atoms with Crippen LogP contribution in [-0.4, -0.2) is 15.7 Å². The van der Waals surface area contributed by atoms with Crippen molar-refractivity contribution in [1.29, 1.82) is 0 Å². The second kappa shape index (κ2) is 6.42. The van der Waals surface area contributed by atoms with Crippen molar-refractivity contribution in [3.8, 4) is 5.69 Å². The van der Waals surface area contributed by atoms with Crippen molar-refractivity contribution >= 4 is 21.8 Å². The first kappa shape index (κ1) is 15.6. The number of nitrogens with one attached hydrogen (secondary N) is 1. The molecule has 0 atom stereocenters. The minimum atomic E-state index is -0.238. The molecule has 6 heteroatoms. The Hall–Kier alpha value is -2.34. The topological polar surface area (TPSA) is 60.1 Å². The Morgan fingerprint density at radius 3 is 2.52 bits per heavy atom. The van der Waals surface area contributed by atoms with Crippen molar-refractivity contribution in [2.75, 3.05) is 0 Å². The molecule has 0 radical (unpaired) electrons. The fraction of sp³-hybridized carbons (Fsp3) is 0.176. The van der Waals surface area contributed by atoms with Crippen molar-refractivity contribution in [3.63, 3.8) is 0 Å². The molecule has 0 saturated heterocycles. The Morgan fingerprint density at radius 1 is 1.22 bits per heavy atom. The van der Waals surface area contributed by atoms with Gasteiger partial charge in [0.15, 0.2) is 10.4 Å². The molecule has 23 heavy (non-hydrogen) atoms. The summed E-state index contributed by atoms with van der Waals surface area (Å²) in [4.78, 5) is 11.9. The van der Waals surface area contributed by atoms with Gasteiger partial charge in [0.05, 0.1) is 11.4 Å². The average Bonchev–Trinajstić information content (AvgIpc) is 3.11. The van der Waals surface area contributed by atoms with Crippen molar-refractivity contribution in [2.24, 2.45) is 0 Å². The van der Waals surface area contributed by atoms with E-state index in [1.54, 1.807) is 12.1 Å². The number of aromatic nitrogens is 2. The van der Waals surface area contributed by atoms with Crippen LogP contribution in [-0.2, 0) is 6.54 Å². The van der Waals surface area contributed by atoms with Gasteiger partial charge in [-0.1, -0.05) is 12.1 Å². The largest absolute Gasteiger partial charge is 0.444 e. The molecule has 2 aromatic heterocycles. The number of carbonyl (C=O) groups is 1. The molecular weight excluding hydrogens is 358 g/mol. The van der Waals surface area contributed by atoms with Crippen LogP contribution in [0.1, 0.15) is 27.5 Å². The molecule has 0 spiro atoms. The highest BCUT2D eigenvalue weighted by molar-refractivity contribution is 9.10. The van der Waals surface area contributed by atoms with Crippen LogP contribution in [0.3, 0.4) is 0 Å². The summed E-state index contributed by atoms with van der Waals surface area (Å²) in [5.74, 6) is 0.0504. The molecule has 1 N–H and O–H groups in total. The zero-order valence-electron chi connectivity index (χ0n) is 12.8. The normalized spacial score (nSPS) is 10.7. The lowest BCUT2D eigenvalue weighted by molar-refractivity contribution is 0.0922. The van der Waals surface area contributed by atoms with Crippen LogP contribution in [0.5, 0.6) is 0 Å². The van der Waals surface area contributed by atoms with E-state index >= 15 is 0 Å². The Kier molecular flexibility index (Phi) is 4.34. The van der Waals surface area contributed by atoms with E-state index in [1.807, 2.05) is 48.9 Å². The van der Waals surface area contributed by atoms with E-state index in [-0.39, 0.29) is 11.7 Å². The van der Waals surface area contributed by atoms with Crippen molar-refractivity contribution in [2.45, 2.75) is 20.4 Å². The molecule has 0 aliphatic carbocycles. The molecule has 0 fully saturated rings. The van der Waals surface area contributed by atoms with Gasteiger partial charge < -0.3 is 9.73 Å². The number of halogens is 1. The first-order valence-electron chi connectivity index (χ1n) is 7.19. The van der Waals surface area contributed by atoms with E-state index in [0.29, 0.717) is 11.2 Å². The summed E-state index contributed by atoms with van der Waals surface area (Å²) in [5.41, 5.74) is 4.09. The number of hydrogen-bond acceptors (Lipinski definition) is 3. The fourth-order valence-electron chi connectivity index (χ4n) is 2.35. The maximum absolute atomic E-state index is 11.9. The van der Waals surface area contributed by atoms with E-state index in [2.05, 4.69) is 26.3 Å². The summed E-state index contributed by atoms with van der Waals surface area (Å²) in [6.45, 7) is 4.44. The van der Waals surface area contributed by atoms with E-state index in [1.165, 1.54) is 0 Å². The SMILES string of the molecule is Cc1cc(C)n(-c2ccc(CNC(=O)c3ccc(Br)o3)cc2)n1. The molecule has 1 aromatic carbocycles. The quantitative estimate of drug-likeness (QED) is 0.756. The minimum absolute atomic E-state index is 0.238. The molecule has 0 aliphatic rings. The van der Waals surface area contributed by atoms with Crippen LogP contribution < -0.4 is 5.32 Å². The van der Waals surface area contributed by atoms with Gasteiger partial charge in [0.25, 0.3) is 5.91 Å². The van der Waals surface area contributed by atoms with Crippen molar-refractivity contribution in [1.82, 2.24) is 15.1 Å². The lowest BCUT2D eigenvalue weighted by Gasteiger charge is -2.07. The molecule has 3 aromatic rings. The summed E-state index contributed by atoms with van der Waals surface area (Å²) >= 11 is 3.18. The van der Waals surface area contributed by atoms with Gasteiger partial charge in [-0.25, -0.2) is 4.68 Å². The zero-order chi connectivity index (χ0) is 16.4. The van der Waals surface area contributed by atoms with E-state index in [9.17, 15) is 4.79 Å². The highest BCUT2D eigenvalue weighted by atomic mass is 79.9. The van der Waals surface area contributed by atoms with Gasteiger partial charge in [-0.3, -0.25) is 4.79 Å². The molecular formula is C17H16BrN3O2. The summed E-state index contributed by atoms with van der Waals surface area (Å²) in [5, 5.41) is 7.28. The number of amides is 1. The first-order chi connectivity index (χ1) is 11.0. The number of aryl methyl sites for hydroxylation is 2. The van der Waals surface area contributed by atoms with Gasteiger partial charge in [0.2, 0.25) is 0 Å². The molecule has 0 unspecified atom stereocenters. The van der Waals surface area contributed by atoms with E-state index in [4.69, 9.17) is 4.42 Å². The van der Waals surface area contributed by atoms with Crippen molar-refractivity contribution < 1.29 is 9.21 Å². The van der Waals surface area contributed by atoms with E-state index < -0.39 is 0 Å². The third kappa shape index (κ3) is 3.53. The van der Waals surface area contributed by atoms with Crippen LogP contribution in [0.15, 0.2) is 51.6 Å². The molecule has 118 valence electrons. The van der Waals surface area contributed by atoms with Gasteiger partial charge in [-0.15, -0.1) is 0 Å². The summed E-state index contributed by atoms with van der Waals surface area (Å²) in [6.07, 6.45) is 0. The number of furan rings is 1. The predicted molar refractivity (Wildman–Crippen MR) is 90.6 cm³/mol. The van der Waals surface area contributed by atoms with Crippen LogP contribution >= 0.6 is 15.9 Å². The maximum Gasteiger partial charge on any atom is 0.287 e. The monoisotopic (exact) mass is 373 g/mol. The van der Waals surface area contributed by atoms with E-state index in [0.717, 1.165) is 22.6 Å².